The smallest absolute Gasteiger partial charge is 0.164 e. The molecule has 0 N–H and O–H groups in total. The Morgan fingerprint density at radius 1 is 1.12 bits per heavy atom. The van der Waals surface area contributed by atoms with E-state index in [4.69, 9.17) is 9.47 Å². The van der Waals surface area contributed by atoms with Crippen LogP contribution in [0.1, 0.15) is 70.9 Å². The maximum Gasteiger partial charge on any atom is 0.164 e. The molecule has 0 aliphatic heterocycles. The highest BCUT2D eigenvalue weighted by atomic mass is 16.5. The van der Waals surface area contributed by atoms with Gasteiger partial charge in [0.15, 0.2) is 11.5 Å². The van der Waals surface area contributed by atoms with Crippen molar-refractivity contribution >= 4 is 11.9 Å². The van der Waals surface area contributed by atoms with Crippen LogP contribution in [0.2, 0.25) is 0 Å². The number of hydrogen-bond acceptors (Lipinski definition) is 3. The number of carbonyl (C=O) groups is 1. The van der Waals surface area contributed by atoms with Gasteiger partial charge in [0.05, 0.1) is 14.2 Å². The van der Waals surface area contributed by atoms with Crippen molar-refractivity contribution in [3.8, 4) is 11.5 Å². The average molecular weight is 344 g/mol. The standard InChI is InChI=1S/C22H32O3/c1-15(2)18-12-16(13-19(24-6)20(18)25-7)8-10-22(5)11-9-17(23)14-21(22,3)4/h8,10,12-13,15H,9,11,14H2,1-7H3/b10-8+. The van der Waals surface area contributed by atoms with Crippen LogP contribution in [0.15, 0.2) is 18.2 Å². The minimum Gasteiger partial charge on any atom is -0.493 e. The molecular formula is C22H32O3. The van der Waals surface area contributed by atoms with Gasteiger partial charge in [0.25, 0.3) is 0 Å². The number of rotatable bonds is 5. The quantitative estimate of drug-likeness (QED) is 0.695. The van der Waals surface area contributed by atoms with Crippen molar-refractivity contribution in [1.29, 1.82) is 0 Å². The lowest BCUT2D eigenvalue weighted by Gasteiger charge is -2.45. The van der Waals surface area contributed by atoms with Gasteiger partial charge >= 0.3 is 0 Å². The summed E-state index contributed by atoms with van der Waals surface area (Å²) >= 11 is 0. The number of hydrogen-bond donors (Lipinski definition) is 0. The molecule has 2 rings (SSSR count). The minimum absolute atomic E-state index is 0.00602. The second-order valence-corrected chi connectivity index (χ2v) is 8.35. The van der Waals surface area contributed by atoms with E-state index in [9.17, 15) is 4.79 Å². The molecule has 1 unspecified atom stereocenters. The van der Waals surface area contributed by atoms with Gasteiger partial charge in [0.2, 0.25) is 0 Å². The summed E-state index contributed by atoms with van der Waals surface area (Å²) in [5.74, 6) is 2.29. The summed E-state index contributed by atoms with van der Waals surface area (Å²) < 4.78 is 11.1. The molecule has 0 spiro atoms. The fourth-order valence-corrected chi connectivity index (χ4v) is 3.65. The number of ketones is 1. The number of benzene rings is 1. The monoisotopic (exact) mass is 344 g/mol. The van der Waals surface area contributed by atoms with Gasteiger partial charge in [-0.25, -0.2) is 0 Å². The van der Waals surface area contributed by atoms with Gasteiger partial charge < -0.3 is 9.47 Å². The molecule has 0 heterocycles. The Bertz CT molecular complexity index is 670. The molecule has 0 bridgehead atoms. The zero-order valence-electron chi connectivity index (χ0n) is 16.7. The van der Waals surface area contributed by atoms with Crippen LogP contribution in [0, 0.1) is 10.8 Å². The topological polar surface area (TPSA) is 35.5 Å². The number of ether oxygens (including phenoxy) is 2. The molecule has 3 heteroatoms. The highest BCUT2D eigenvalue weighted by molar-refractivity contribution is 5.80. The summed E-state index contributed by atoms with van der Waals surface area (Å²) in [6.45, 7) is 11.0. The molecule has 0 saturated heterocycles. The van der Waals surface area contributed by atoms with Crippen LogP contribution in [0.25, 0.3) is 6.08 Å². The third-order valence-corrected chi connectivity index (χ3v) is 5.90. The first-order valence-electron chi connectivity index (χ1n) is 9.10. The van der Waals surface area contributed by atoms with E-state index in [2.05, 4.69) is 52.8 Å². The first-order valence-corrected chi connectivity index (χ1v) is 9.10. The maximum atomic E-state index is 11.9. The van der Waals surface area contributed by atoms with Gasteiger partial charge in [-0.2, -0.15) is 0 Å². The SMILES string of the molecule is COc1cc(/C=C/C2(C)CCC(=O)CC2(C)C)cc(C(C)C)c1OC. The largest absolute Gasteiger partial charge is 0.493 e. The molecule has 25 heavy (non-hydrogen) atoms. The molecule has 1 fully saturated rings. The van der Waals surface area contributed by atoms with Crippen LogP contribution in [-0.4, -0.2) is 20.0 Å². The molecule has 1 saturated carbocycles. The molecule has 0 aromatic heterocycles. The fraction of sp³-hybridized carbons (Fsp3) is 0.591. The Balaban J connectivity index is 2.41. The molecule has 0 radical (unpaired) electrons. The lowest BCUT2D eigenvalue weighted by molar-refractivity contribution is -0.126. The van der Waals surface area contributed by atoms with Crippen molar-refractivity contribution in [1.82, 2.24) is 0 Å². The predicted molar refractivity (Wildman–Crippen MR) is 103 cm³/mol. The molecule has 1 aromatic rings. The zero-order valence-corrected chi connectivity index (χ0v) is 16.7. The van der Waals surface area contributed by atoms with Gasteiger partial charge in [-0.05, 0) is 40.9 Å². The van der Waals surface area contributed by atoms with E-state index in [1.165, 1.54) is 0 Å². The molecule has 1 atom stereocenters. The number of Topliss-reactive ketones (excluding diaryl/α,β-unsaturated/α-hetero) is 1. The lowest BCUT2D eigenvalue weighted by Crippen LogP contribution is -2.40. The third kappa shape index (κ3) is 3.91. The number of carbonyl (C=O) groups excluding carboxylic acids is 1. The normalized spacial score (nSPS) is 23.3. The van der Waals surface area contributed by atoms with Gasteiger partial charge in [0.1, 0.15) is 5.78 Å². The second kappa shape index (κ2) is 7.23. The molecule has 1 aliphatic rings. The van der Waals surface area contributed by atoms with Crippen LogP contribution >= 0.6 is 0 Å². The fourth-order valence-electron chi connectivity index (χ4n) is 3.65. The predicted octanol–water partition coefficient (Wildman–Crippen LogP) is 5.63. The van der Waals surface area contributed by atoms with Crippen LogP contribution < -0.4 is 9.47 Å². The summed E-state index contributed by atoms with van der Waals surface area (Å²) in [7, 11) is 3.36. The minimum atomic E-state index is -0.0315. The van der Waals surface area contributed by atoms with E-state index in [-0.39, 0.29) is 10.8 Å². The Hall–Kier alpha value is -1.77. The lowest BCUT2D eigenvalue weighted by atomic mass is 9.58. The van der Waals surface area contributed by atoms with Gasteiger partial charge in [0, 0.05) is 18.4 Å². The second-order valence-electron chi connectivity index (χ2n) is 8.35. The maximum absolute atomic E-state index is 11.9. The molecule has 1 aromatic carbocycles. The highest BCUT2D eigenvalue weighted by Crippen LogP contribution is 2.50. The Morgan fingerprint density at radius 3 is 2.32 bits per heavy atom. The van der Waals surface area contributed by atoms with Crippen LogP contribution in [-0.2, 0) is 4.79 Å². The van der Waals surface area contributed by atoms with Gasteiger partial charge in [-0.15, -0.1) is 0 Å². The van der Waals surface area contributed by atoms with Gasteiger partial charge in [-0.1, -0.05) is 46.8 Å². The summed E-state index contributed by atoms with van der Waals surface area (Å²) in [4.78, 5) is 11.9. The molecule has 3 nitrogen and oxygen atoms in total. The van der Waals surface area contributed by atoms with Crippen molar-refractivity contribution in [3.05, 3.63) is 29.3 Å². The number of methoxy groups -OCH3 is 2. The summed E-state index contributed by atoms with van der Waals surface area (Å²) in [6, 6.07) is 4.19. The molecule has 0 amide bonds. The summed E-state index contributed by atoms with van der Waals surface area (Å²) in [6.07, 6.45) is 6.68. The van der Waals surface area contributed by atoms with E-state index < -0.39 is 0 Å². The summed E-state index contributed by atoms with van der Waals surface area (Å²) in [5.41, 5.74) is 2.22. The Morgan fingerprint density at radius 2 is 1.80 bits per heavy atom. The van der Waals surface area contributed by atoms with Crippen molar-refractivity contribution < 1.29 is 14.3 Å². The van der Waals surface area contributed by atoms with E-state index in [0.29, 0.717) is 24.5 Å². The Kier molecular flexibility index (Phi) is 5.65. The van der Waals surface area contributed by atoms with E-state index in [1.54, 1.807) is 14.2 Å². The van der Waals surface area contributed by atoms with Crippen molar-refractivity contribution in [2.75, 3.05) is 14.2 Å². The molecule has 138 valence electrons. The van der Waals surface area contributed by atoms with Crippen molar-refractivity contribution in [3.63, 3.8) is 0 Å². The van der Waals surface area contributed by atoms with Gasteiger partial charge in [-0.3, -0.25) is 4.79 Å². The van der Waals surface area contributed by atoms with E-state index in [0.717, 1.165) is 29.0 Å². The first kappa shape index (κ1) is 19.6. The number of allylic oxidation sites excluding steroid dienone is 1. The van der Waals surface area contributed by atoms with Crippen LogP contribution in [0.3, 0.4) is 0 Å². The highest BCUT2D eigenvalue weighted by Gasteiger charge is 2.43. The van der Waals surface area contributed by atoms with Crippen LogP contribution in [0.4, 0.5) is 0 Å². The average Bonchev–Trinajstić information content (AvgIpc) is 2.55. The summed E-state index contributed by atoms with van der Waals surface area (Å²) in [5, 5.41) is 0. The van der Waals surface area contributed by atoms with Crippen molar-refractivity contribution in [2.24, 2.45) is 10.8 Å². The zero-order chi connectivity index (χ0) is 18.8. The van der Waals surface area contributed by atoms with E-state index >= 15 is 0 Å². The van der Waals surface area contributed by atoms with Crippen LogP contribution in [0.5, 0.6) is 11.5 Å². The van der Waals surface area contributed by atoms with E-state index in [1.807, 2.05) is 6.07 Å². The third-order valence-electron chi connectivity index (χ3n) is 5.90. The first-order chi connectivity index (χ1) is 11.6. The molecular weight excluding hydrogens is 312 g/mol. The molecule has 1 aliphatic carbocycles. The Labute approximate surface area is 152 Å². The van der Waals surface area contributed by atoms with Crippen molar-refractivity contribution in [2.45, 2.75) is 59.8 Å².